The number of halogens is 4. The maximum Gasteiger partial charge on any atom is 0.305 e. The van der Waals surface area contributed by atoms with Crippen LogP contribution in [0.15, 0.2) is 60.7 Å². The number of aliphatic carboxylic acids is 1. The number of benzene rings is 3. The molecule has 2 aliphatic heterocycles. The van der Waals surface area contributed by atoms with Gasteiger partial charge in [0.15, 0.2) is 17.2 Å². The largest absolute Gasteiger partial charge is 0.481 e. The van der Waals surface area contributed by atoms with Crippen LogP contribution >= 0.6 is 23.2 Å². The molecule has 41 heavy (non-hydrogen) atoms. The van der Waals surface area contributed by atoms with Crippen LogP contribution in [0.4, 0.5) is 8.78 Å². The Morgan fingerprint density at radius 2 is 1.63 bits per heavy atom. The number of carboxylic acids is 1. The lowest BCUT2D eigenvalue weighted by atomic mass is 9.85. The highest BCUT2D eigenvalue weighted by molar-refractivity contribution is 6.30. The fraction of sp³-hybridized carbons (Fsp3) is 0.300. The molecule has 214 valence electrons. The minimum Gasteiger partial charge on any atom is -0.481 e. The van der Waals surface area contributed by atoms with Gasteiger partial charge in [-0.05, 0) is 42.0 Å². The Hall–Kier alpha value is -3.37. The molecule has 3 aromatic rings. The molecule has 2 aliphatic rings. The van der Waals surface area contributed by atoms with Crippen molar-refractivity contribution in [2.45, 2.75) is 36.7 Å². The number of ether oxygens (including phenoxy) is 2. The van der Waals surface area contributed by atoms with Gasteiger partial charge in [-0.2, -0.15) is 0 Å². The summed E-state index contributed by atoms with van der Waals surface area (Å²) in [6, 6.07) is 13.2. The van der Waals surface area contributed by atoms with Gasteiger partial charge in [0.05, 0.1) is 36.8 Å². The van der Waals surface area contributed by atoms with Crippen LogP contribution in [0.2, 0.25) is 10.0 Å². The molecule has 2 heterocycles. The zero-order valence-corrected chi connectivity index (χ0v) is 23.3. The van der Waals surface area contributed by atoms with Crippen LogP contribution in [0, 0.1) is 5.82 Å². The topological polar surface area (TPSA) is 93.1 Å². The molecule has 0 radical (unpaired) electrons. The molecular weight excluding hydrogens is 579 g/mol. The van der Waals surface area contributed by atoms with E-state index in [1.165, 1.54) is 31.4 Å². The number of carbonyl (C=O) groups excluding carboxylic acids is 2. The molecular formula is C30H25Cl2F2NO6. The van der Waals surface area contributed by atoms with Crippen LogP contribution in [0.25, 0.3) is 0 Å². The summed E-state index contributed by atoms with van der Waals surface area (Å²) in [5.74, 6) is -3.97. The molecule has 0 aromatic heterocycles. The van der Waals surface area contributed by atoms with Gasteiger partial charge in [-0.15, -0.1) is 0 Å². The summed E-state index contributed by atoms with van der Waals surface area (Å²) >= 11 is 12.2. The molecule has 0 saturated carbocycles. The van der Waals surface area contributed by atoms with Crippen LogP contribution in [0.5, 0.6) is 0 Å². The number of nitrogens with zero attached hydrogens (tertiary/aromatic N) is 1. The van der Waals surface area contributed by atoms with Crippen molar-refractivity contribution in [3.05, 3.63) is 104 Å². The van der Waals surface area contributed by atoms with Crippen LogP contribution < -0.4 is 0 Å². The standard InChI is InChI=1S/C30H25Cl2F2NO6/c1-40-30(19-4-8-21(32)9-5-19)26-22(14-18(15-23(26)33)27(38)29(34)10-12-41-13-11-29)28(39)35(30)24(16-25(36)37)17-2-6-20(31)7-3-17/h2-9,14-15,24H,10-13,16H2,1H3,(H,36,37)/t24?,30-/m1/s1. The van der Waals surface area contributed by atoms with Crippen molar-refractivity contribution in [2.24, 2.45) is 0 Å². The number of carbonyl (C=O) groups is 3. The summed E-state index contributed by atoms with van der Waals surface area (Å²) in [7, 11) is 1.26. The van der Waals surface area contributed by atoms with Crippen molar-refractivity contribution in [1.82, 2.24) is 4.90 Å². The summed E-state index contributed by atoms with van der Waals surface area (Å²) in [6.45, 7) is 0.0629. The lowest BCUT2D eigenvalue weighted by Crippen LogP contribution is -2.49. The maximum atomic E-state index is 16.3. The number of fused-ring (bicyclic) bond motifs is 1. The van der Waals surface area contributed by atoms with Gasteiger partial charge in [-0.1, -0.05) is 47.5 Å². The molecule has 1 fully saturated rings. The highest BCUT2D eigenvalue weighted by atomic mass is 35.5. The first-order valence-electron chi connectivity index (χ1n) is 12.8. The molecule has 0 bridgehead atoms. The van der Waals surface area contributed by atoms with Gasteiger partial charge in [-0.25, -0.2) is 8.78 Å². The van der Waals surface area contributed by atoms with Crippen LogP contribution in [-0.2, 0) is 20.0 Å². The van der Waals surface area contributed by atoms with Gasteiger partial charge in [-0.3, -0.25) is 19.3 Å². The van der Waals surface area contributed by atoms with Gasteiger partial charge in [0.25, 0.3) is 5.91 Å². The van der Waals surface area contributed by atoms with Gasteiger partial charge in [0, 0.05) is 41.1 Å². The van der Waals surface area contributed by atoms with E-state index < -0.39 is 47.3 Å². The molecule has 5 rings (SSSR count). The molecule has 3 aromatic carbocycles. The number of ketones is 1. The zero-order valence-electron chi connectivity index (χ0n) is 21.8. The number of Topliss-reactive ketones (excluding diaryl/α,β-unsaturated/α-hetero) is 1. The quantitative estimate of drug-likeness (QED) is 0.301. The SMILES string of the molecule is CO[C@]1(c2ccc(Cl)cc2)c2c(F)cc(C(=O)C3(F)CCOCC3)cc2C(=O)N1C(CC(=O)O)c1ccc(Cl)cc1. The number of amides is 1. The molecule has 1 saturated heterocycles. The normalized spacial score (nSPS) is 20.5. The number of carboxylic acid groups (broad SMARTS) is 1. The fourth-order valence-corrected chi connectivity index (χ4v) is 5.92. The third-order valence-electron chi connectivity index (χ3n) is 7.64. The van der Waals surface area contributed by atoms with E-state index >= 15 is 8.78 Å². The second-order valence-corrected chi connectivity index (χ2v) is 10.9. The summed E-state index contributed by atoms with van der Waals surface area (Å²) in [5, 5.41) is 10.6. The predicted octanol–water partition coefficient (Wildman–Crippen LogP) is 6.35. The van der Waals surface area contributed by atoms with Gasteiger partial charge in [0.2, 0.25) is 0 Å². The third kappa shape index (κ3) is 5.01. The number of alkyl halides is 1. The molecule has 7 nitrogen and oxygen atoms in total. The first-order chi connectivity index (χ1) is 19.5. The summed E-state index contributed by atoms with van der Waals surface area (Å²) in [6.07, 6.45) is -0.968. The Morgan fingerprint density at radius 3 is 2.20 bits per heavy atom. The van der Waals surface area contributed by atoms with Crippen LogP contribution in [0.3, 0.4) is 0 Å². The Bertz CT molecular complexity index is 1510. The molecule has 11 heteroatoms. The van der Waals surface area contributed by atoms with Gasteiger partial charge < -0.3 is 14.6 Å². The van der Waals surface area contributed by atoms with Crippen molar-refractivity contribution in [1.29, 1.82) is 0 Å². The van der Waals surface area contributed by atoms with Crippen molar-refractivity contribution in [2.75, 3.05) is 20.3 Å². The smallest absolute Gasteiger partial charge is 0.305 e. The molecule has 1 amide bonds. The molecule has 1 N–H and O–H groups in total. The minimum absolute atomic E-state index is 0.0314. The summed E-state index contributed by atoms with van der Waals surface area (Å²) in [5.41, 5.74) is -4.35. The van der Waals surface area contributed by atoms with Crippen LogP contribution in [-0.4, -0.2) is 53.7 Å². The Morgan fingerprint density at radius 1 is 1.05 bits per heavy atom. The van der Waals surface area contributed by atoms with E-state index in [-0.39, 0.29) is 48.3 Å². The zero-order chi connectivity index (χ0) is 29.5. The molecule has 2 atom stereocenters. The highest BCUT2D eigenvalue weighted by Crippen LogP contribution is 2.51. The lowest BCUT2D eigenvalue weighted by molar-refractivity contribution is -0.142. The average molecular weight is 604 g/mol. The van der Waals surface area contributed by atoms with E-state index in [4.69, 9.17) is 32.7 Å². The minimum atomic E-state index is -2.27. The number of hydrogen-bond donors (Lipinski definition) is 1. The third-order valence-corrected chi connectivity index (χ3v) is 8.14. The number of rotatable bonds is 8. The van der Waals surface area contributed by atoms with Crippen LogP contribution in [0.1, 0.15) is 62.7 Å². The first-order valence-corrected chi connectivity index (χ1v) is 13.5. The second-order valence-electron chi connectivity index (χ2n) is 9.98. The highest BCUT2D eigenvalue weighted by Gasteiger charge is 2.57. The average Bonchev–Trinajstić information content (AvgIpc) is 3.21. The van der Waals surface area contributed by atoms with E-state index in [1.54, 1.807) is 24.3 Å². The van der Waals surface area contributed by atoms with Crippen molar-refractivity contribution < 1.29 is 37.7 Å². The van der Waals surface area contributed by atoms with E-state index in [2.05, 4.69) is 0 Å². The Balaban J connectivity index is 1.75. The monoisotopic (exact) mass is 603 g/mol. The van der Waals surface area contributed by atoms with E-state index in [9.17, 15) is 19.5 Å². The van der Waals surface area contributed by atoms with Crippen molar-refractivity contribution >= 4 is 40.9 Å². The predicted molar refractivity (Wildman–Crippen MR) is 146 cm³/mol. The van der Waals surface area contributed by atoms with E-state index in [0.29, 0.717) is 15.6 Å². The van der Waals surface area contributed by atoms with E-state index in [1.807, 2.05) is 0 Å². The van der Waals surface area contributed by atoms with Crippen molar-refractivity contribution in [3.8, 4) is 0 Å². The molecule has 0 aliphatic carbocycles. The Kier molecular flexibility index (Phi) is 7.91. The molecule has 1 unspecified atom stereocenters. The van der Waals surface area contributed by atoms with Gasteiger partial charge >= 0.3 is 5.97 Å². The lowest BCUT2D eigenvalue weighted by Gasteiger charge is -2.42. The van der Waals surface area contributed by atoms with Crippen molar-refractivity contribution in [3.63, 3.8) is 0 Å². The summed E-state index contributed by atoms with van der Waals surface area (Å²) in [4.78, 5) is 40.8. The first kappa shape index (κ1) is 29.1. The Labute approximate surface area is 244 Å². The molecule has 0 spiro atoms. The van der Waals surface area contributed by atoms with Gasteiger partial charge in [0.1, 0.15) is 5.82 Å². The fourth-order valence-electron chi connectivity index (χ4n) is 5.67. The second kappa shape index (κ2) is 11.1. The maximum absolute atomic E-state index is 16.3. The van der Waals surface area contributed by atoms with E-state index in [0.717, 1.165) is 17.0 Å². The summed E-state index contributed by atoms with van der Waals surface area (Å²) < 4.78 is 43.0. The number of methoxy groups -OCH3 is 1. The number of hydrogen-bond acceptors (Lipinski definition) is 5.